The molecule has 1 aromatic carbocycles. The normalized spacial score (nSPS) is 10.8. The minimum Gasteiger partial charge on any atom is -0.482 e. The molecular weight excluding hydrogens is 361 g/mol. The zero-order chi connectivity index (χ0) is 19.7. The van der Waals surface area contributed by atoms with Crippen LogP contribution in [0.4, 0.5) is 23.7 Å². The average Bonchev–Trinajstić information content (AvgIpc) is 2.56. The predicted molar refractivity (Wildman–Crippen MR) is 83.2 cm³/mol. The SMILES string of the molecule is COC(=O)c1ccc(NC(=O)NCCCC(=O)O)c(OCC(F)(F)F)c1. The third-order valence-electron chi connectivity index (χ3n) is 2.90. The quantitative estimate of drug-likeness (QED) is 0.473. The van der Waals surface area contributed by atoms with E-state index in [0.29, 0.717) is 0 Å². The van der Waals surface area contributed by atoms with Crippen molar-refractivity contribution in [3.8, 4) is 5.75 Å². The van der Waals surface area contributed by atoms with E-state index in [1.54, 1.807) is 0 Å². The molecule has 2 amide bonds. The van der Waals surface area contributed by atoms with E-state index in [9.17, 15) is 27.6 Å². The summed E-state index contributed by atoms with van der Waals surface area (Å²) in [5.74, 6) is -2.18. The monoisotopic (exact) mass is 378 g/mol. The Bertz CT molecular complexity index is 663. The maximum atomic E-state index is 12.4. The number of anilines is 1. The molecule has 8 nitrogen and oxygen atoms in total. The second-order valence-electron chi connectivity index (χ2n) is 4.98. The summed E-state index contributed by atoms with van der Waals surface area (Å²) in [5, 5.41) is 13.1. The number of nitrogens with one attached hydrogen (secondary N) is 2. The van der Waals surface area contributed by atoms with Gasteiger partial charge in [0.15, 0.2) is 6.61 Å². The topological polar surface area (TPSA) is 114 Å². The summed E-state index contributed by atoms with van der Waals surface area (Å²) in [4.78, 5) is 33.6. The molecule has 11 heteroatoms. The van der Waals surface area contributed by atoms with Crippen molar-refractivity contribution in [2.24, 2.45) is 0 Å². The van der Waals surface area contributed by atoms with Crippen LogP contribution >= 0.6 is 0 Å². The van der Waals surface area contributed by atoms with Crippen LogP contribution in [0.25, 0.3) is 0 Å². The molecule has 0 aliphatic carbocycles. The number of alkyl halides is 3. The van der Waals surface area contributed by atoms with Crippen molar-refractivity contribution in [2.45, 2.75) is 19.0 Å². The van der Waals surface area contributed by atoms with E-state index in [1.807, 2.05) is 0 Å². The summed E-state index contributed by atoms with van der Waals surface area (Å²) in [6, 6.07) is 2.68. The van der Waals surface area contributed by atoms with Crippen LogP contribution in [0, 0.1) is 0 Å². The lowest BCUT2D eigenvalue weighted by Gasteiger charge is -2.15. The van der Waals surface area contributed by atoms with E-state index in [2.05, 4.69) is 20.1 Å². The molecule has 0 saturated carbocycles. The Morgan fingerprint density at radius 3 is 2.50 bits per heavy atom. The summed E-state index contributed by atoms with van der Waals surface area (Å²) in [5.41, 5.74) is -0.158. The van der Waals surface area contributed by atoms with Crippen LogP contribution in [0.1, 0.15) is 23.2 Å². The average molecular weight is 378 g/mol. The first kappa shape index (κ1) is 21.1. The number of urea groups is 1. The summed E-state index contributed by atoms with van der Waals surface area (Å²) in [7, 11) is 1.11. The second kappa shape index (κ2) is 9.49. The van der Waals surface area contributed by atoms with Crippen LogP contribution in [0.2, 0.25) is 0 Å². The lowest BCUT2D eigenvalue weighted by atomic mass is 10.2. The summed E-state index contributed by atoms with van der Waals surface area (Å²) < 4.78 is 46.2. The van der Waals surface area contributed by atoms with Crippen molar-refractivity contribution >= 4 is 23.7 Å². The number of rotatable bonds is 8. The maximum absolute atomic E-state index is 12.4. The van der Waals surface area contributed by atoms with Crippen LogP contribution in [-0.2, 0) is 9.53 Å². The minimum absolute atomic E-state index is 0.0527. The first-order valence-corrected chi connectivity index (χ1v) is 7.31. The number of ether oxygens (including phenoxy) is 2. The number of carbonyl (C=O) groups excluding carboxylic acids is 2. The molecule has 0 bridgehead atoms. The molecule has 0 radical (unpaired) electrons. The first-order chi connectivity index (χ1) is 12.1. The minimum atomic E-state index is -4.61. The molecule has 1 rings (SSSR count). The van der Waals surface area contributed by atoms with Gasteiger partial charge in [0.1, 0.15) is 5.75 Å². The van der Waals surface area contributed by atoms with Crippen LogP contribution < -0.4 is 15.4 Å². The molecule has 0 fully saturated rings. The Balaban J connectivity index is 2.82. The molecule has 0 unspecified atom stereocenters. The number of carboxylic acid groups (broad SMARTS) is 1. The fraction of sp³-hybridized carbons (Fsp3) is 0.400. The smallest absolute Gasteiger partial charge is 0.422 e. The number of methoxy groups -OCH3 is 1. The molecule has 26 heavy (non-hydrogen) atoms. The second-order valence-corrected chi connectivity index (χ2v) is 4.98. The maximum Gasteiger partial charge on any atom is 0.422 e. The van der Waals surface area contributed by atoms with Crippen LogP contribution in [0.15, 0.2) is 18.2 Å². The van der Waals surface area contributed by atoms with Gasteiger partial charge in [-0.2, -0.15) is 13.2 Å². The zero-order valence-corrected chi connectivity index (χ0v) is 13.7. The lowest BCUT2D eigenvalue weighted by Crippen LogP contribution is -2.30. The van der Waals surface area contributed by atoms with Crippen molar-refractivity contribution < 1.29 is 42.1 Å². The summed E-state index contributed by atoms with van der Waals surface area (Å²) >= 11 is 0. The highest BCUT2D eigenvalue weighted by molar-refractivity contribution is 5.94. The number of aliphatic carboxylic acids is 1. The fourth-order valence-electron chi connectivity index (χ4n) is 1.76. The molecule has 0 saturated heterocycles. The van der Waals surface area contributed by atoms with E-state index in [0.717, 1.165) is 13.2 Å². The fourth-order valence-corrected chi connectivity index (χ4v) is 1.76. The molecule has 144 valence electrons. The molecule has 0 aliphatic rings. The Morgan fingerprint density at radius 2 is 1.92 bits per heavy atom. The first-order valence-electron chi connectivity index (χ1n) is 7.31. The number of halogens is 3. The highest BCUT2D eigenvalue weighted by atomic mass is 19.4. The molecule has 0 aromatic heterocycles. The van der Waals surface area contributed by atoms with Gasteiger partial charge in [0, 0.05) is 13.0 Å². The molecular formula is C15H17F3N2O6. The van der Waals surface area contributed by atoms with E-state index in [-0.39, 0.29) is 36.4 Å². The molecule has 0 spiro atoms. The largest absolute Gasteiger partial charge is 0.482 e. The van der Waals surface area contributed by atoms with Gasteiger partial charge < -0.3 is 25.2 Å². The lowest BCUT2D eigenvalue weighted by molar-refractivity contribution is -0.153. The highest BCUT2D eigenvalue weighted by Gasteiger charge is 2.29. The van der Waals surface area contributed by atoms with Gasteiger partial charge in [0.05, 0.1) is 18.4 Å². The number of esters is 1. The van der Waals surface area contributed by atoms with E-state index >= 15 is 0 Å². The number of carbonyl (C=O) groups is 3. The van der Waals surface area contributed by atoms with Crippen LogP contribution in [0.3, 0.4) is 0 Å². The Kier molecular flexibility index (Phi) is 7.69. The van der Waals surface area contributed by atoms with Crippen molar-refractivity contribution in [3.05, 3.63) is 23.8 Å². The number of amides is 2. The van der Waals surface area contributed by atoms with Gasteiger partial charge in [-0.25, -0.2) is 9.59 Å². The van der Waals surface area contributed by atoms with Crippen molar-refractivity contribution in [2.75, 3.05) is 25.6 Å². The molecule has 0 heterocycles. The van der Waals surface area contributed by atoms with Gasteiger partial charge in [-0.15, -0.1) is 0 Å². The number of hydrogen-bond acceptors (Lipinski definition) is 5. The highest BCUT2D eigenvalue weighted by Crippen LogP contribution is 2.28. The molecule has 0 atom stereocenters. The third-order valence-corrected chi connectivity index (χ3v) is 2.90. The van der Waals surface area contributed by atoms with Gasteiger partial charge in [-0.05, 0) is 24.6 Å². The van der Waals surface area contributed by atoms with Crippen LogP contribution in [0.5, 0.6) is 5.75 Å². The standard InChI is InChI=1S/C15H17F3N2O6/c1-25-13(23)9-4-5-10(11(7-9)26-8-15(16,17)18)20-14(24)19-6-2-3-12(21)22/h4-5,7H,2-3,6,8H2,1H3,(H,21,22)(H2,19,20,24). The predicted octanol–water partition coefficient (Wildman–Crippen LogP) is 2.40. The van der Waals surface area contributed by atoms with E-state index in [4.69, 9.17) is 5.11 Å². The van der Waals surface area contributed by atoms with Gasteiger partial charge in [-0.3, -0.25) is 4.79 Å². The number of carboxylic acids is 1. The Labute approximate surface area is 146 Å². The number of benzene rings is 1. The van der Waals surface area contributed by atoms with Crippen molar-refractivity contribution in [1.29, 1.82) is 0 Å². The van der Waals surface area contributed by atoms with E-state index in [1.165, 1.54) is 12.1 Å². The number of hydrogen-bond donors (Lipinski definition) is 3. The Hall–Kier alpha value is -2.98. The van der Waals surface area contributed by atoms with Gasteiger partial charge in [-0.1, -0.05) is 0 Å². The molecule has 1 aromatic rings. The van der Waals surface area contributed by atoms with Gasteiger partial charge >= 0.3 is 24.1 Å². The van der Waals surface area contributed by atoms with Crippen LogP contribution in [-0.4, -0.2) is 49.5 Å². The van der Waals surface area contributed by atoms with Crippen molar-refractivity contribution in [3.63, 3.8) is 0 Å². The van der Waals surface area contributed by atoms with Gasteiger partial charge in [0.25, 0.3) is 0 Å². The summed E-state index contributed by atoms with van der Waals surface area (Å²) in [6.45, 7) is -1.57. The van der Waals surface area contributed by atoms with Gasteiger partial charge in [0.2, 0.25) is 0 Å². The molecule has 0 aliphatic heterocycles. The molecule has 3 N–H and O–H groups in total. The summed E-state index contributed by atoms with van der Waals surface area (Å²) in [6.07, 6.45) is -4.58. The third kappa shape index (κ3) is 7.73. The van der Waals surface area contributed by atoms with Crippen molar-refractivity contribution in [1.82, 2.24) is 5.32 Å². The van der Waals surface area contributed by atoms with E-state index < -0.39 is 30.8 Å². The Morgan fingerprint density at radius 1 is 1.23 bits per heavy atom. The zero-order valence-electron chi connectivity index (χ0n) is 13.7.